The normalized spacial score (nSPS) is 23.3. The van der Waals surface area contributed by atoms with Gasteiger partial charge in [0, 0.05) is 6.54 Å². The zero-order valence-electron chi connectivity index (χ0n) is 13.4. The zero-order chi connectivity index (χ0) is 16.8. The third-order valence-corrected chi connectivity index (χ3v) is 7.08. The number of hydrogen-bond acceptors (Lipinski definition) is 3. The van der Waals surface area contributed by atoms with Crippen LogP contribution in [0.1, 0.15) is 25.7 Å². The largest absolute Gasteiger partial charge is 0.388 e. The Bertz CT molecular complexity index is 827. The van der Waals surface area contributed by atoms with E-state index in [1.165, 1.54) is 4.31 Å². The Balaban J connectivity index is 1.63. The summed E-state index contributed by atoms with van der Waals surface area (Å²) in [7, 11) is -3.56. The molecule has 1 saturated carbocycles. The highest BCUT2D eigenvalue weighted by Gasteiger charge is 2.54. The van der Waals surface area contributed by atoms with Crippen molar-refractivity contribution < 1.29 is 13.5 Å². The van der Waals surface area contributed by atoms with Crippen LogP contribution in [-0.2, 0) is 10.0 Å². The van der Waals surface area contributed by atoms with Gasteiger partial charge in [-0.2, -0.15) is 4.31 Å². The van der Waals surface area contributed by atoms with Gasteiger partial charge >= 0.3 is 0 Å². The van der Waals surface area contributed by atoms with Crippen LogP contribution in [-0.4, -0.2) is 36.0 Å². The smallest absolute Gasteiger partial charge is 0.243 e. The number of hydrogen-bond donors (Lipinski definition) is 1. The van der Waals surface area contributed by atoms with Gasteiger partial charge in [-0.25, -0.2) is 8.42 Å². The maximum absolute atomic E-state index is 13.0. The monoisotopic (exact) mass is 343 g/mol. The third kappa shape index (κ3) is 2.66. The Labute approximate surface area is 142 Å². The summed E-state index contributed by atoms with van der Waals surface area (Å²) in [6, 6.07) is 16.7. The molecule has 1 aliphatic carbocycles. The number of aliphatic hydroxyl groups is 1. The molecule has 5 heteroatoms. The van der Waals surface area contributed by atoms with Gasteiger partial charge in [0.15, 0.2) is 0 Å². The van der Waals surface area contributed by atoms with Crippen molar-refractivity contribution in [2.75, 3.05) is 6.54 Å². The molecule has 1 aliphatic heterocycles. The molecular weight excluding hydrogens is 322 g/mol. The Morgan fingerprint density at radius 3 is 2.21 bits per heavy atom. The van der Waals surface area contributed by atoms with Gasteiger partial charge in [0.05, 0.1) is 16.5 Å². The Morgan fingerprint density at radius 1 is 0.958 bits per heavy atom. The molecule has 4 nitrogen and oxygen atoms in total. The van der Waals surface area contributed by atoms with Crippen molar-refractivity contribution in [1.82, 2.24) is 4.31 Å². The first-order valence-corrected chi connectivity index (χ1v) is 9.84. The molecule has 1 saturated heterocycles. The van der Waals surface area contributed by atoms with E-state index in [4.69, 9.17) is 0 Å². The van der Waals surface area contributed by atoms with Gasteiger partial charge in [0.25, 0.3) is 0 Å². The third-order valence-electron chi connectivity index (χ3n) is 5.15. The molecule has 1 unspecified atom stereocenters. The van der Waals surface area contributed by atoms with Gasteiger partial charge in [-0.3, -0.25) is 0 Å². The number of nitrogens with zero attached hydrogens (tertiary/aromatic N) is 1. The molecular formula is C19H21NO3S. The van der Waals surface area contributed by atoms with Crippen molar-refractivity contribution in [2.45, 2.75) is 42.2 Å². The van der Waals surface area contributed by atoms with Crippen LogP contribution in [0.4, 0.5) is 0 Å². The van der Waals surface area contributed by atoms with E-state index in [0.717, 1.165) is 24.0 Å². The van der Waals surface area contributed by atoms with Crippen LogP contribution < -0.4 is 0 Å². The van der Waals surface area contributed by atoms with Gasteiger partial charge in [-0.1, -0.05) is 42.5 Å². The van der Waals surface area contributed by atoms with E-state index in [9.17, 15) is 13.5 Å². The summed E-state index contributed by atoms with van der Waals surface area (Å²) in [5.41, 5.74) is 1.26. The second-order valence-corrected chi connectivity index (χ2v) is 8.66. The Hall–Kier alpha value is -1.69. The number of rotatable bonds is 4. The SMILES string of the molecule is O=S(=O)(c1ccc(-c2ccccc2)cc1)N1CCCC1C1(O)CC1. The van der Waals surface area contributed by atoms with Gasteiger partial charge < -0.3 is 5.11 Å². The summed E-state index contributed by atoms with van der Waals surface area (Å²) in [5, 5.41) is 10.4. The van der Waals surface area contributed by atoms with Crippen molar-refractivity contribution in [3.8, 4) is 11.1 Å². The van der Waals surface area contributed by atoms with Gasteiger partial charge in [0.1, 0.15) is 0 Å². The summed E-state index contributed by atoms with van der Waals surface area (Å²) >= 11 is 0. The molecule has 0 amide bonds. The summed E-state index contributed by atoms with van der Waals surface area (Å²) in [4.78, 5) is 0.304. The van der Waals surface area contributed by atoms with E-state index < -0.39 is 15.6 Å². The molecule has 2 aromatic rings. The average molecular weight is 343 g/mol. The van der Waals surface area contributed by atoms with Crippen LogP contribution in [0.25, 0.3) is 11.1 Å². The van der Waals surface area contributed by atoms with Crippen molar-refractivity contribution in [3.05, 3.63) is 54.6 Å². The molecule has 24 heavy (non-hydrogen) atoms. The highest BCUT2D eigenvalue weighted by Crippen LogP contribution is 2.46. The standard InChI is InChI=1S/C19H21NO3S/c21-19(12-13-19)18-7-4-14-20(18)24(22,23)17-10-8-16(9-11-17)15-5-2-1-3-6-15/h1-3,5-6,8-11,18,21H,4,7,12-14H2. The van der Waals surface area contributed by atoms with Crippen LogP contribution in [0.15, 0.2) is 59.5 Å². The highest BCUT2D eigenvalue weighted by atomic mass is 32.2. The molecule has 0 radical (unpaired) electrons. The first kappa shape index (κ1) is 15.8. The molecule has 0 bridgehead atoms. The fourth-order valence-corrected chi connectivity index (χ4v) is 5.37. The van der Waals surface area contributed by atoms with Crippen LogP contribution in [0.5, 0.6) is 0 Å². The lowest BCUT2D eigenvalue weighted by Gasteiger charge is -2.28. The molecule has 2 aliphatic rings. The topological polar surface area (TPSA) is 57.6 Å². The second kappa shape index (κ2) is 5.69. The first-order chi connectivity index (χ1) is 11.5. The predicted octanol–water partition coefficient (Wildman–Crippen LogP) is 3.03. The zero-order valence-corrected chi connectivity index (χ0v) is 14.2. The number of benzene rings is 2. The fourth-order valence-electron chi connectivity index (χ4n) is 3.61. The van der Waals surface area contributed by atoms with Crippen LogP contribution in [0.2, 0.25) is 0 Å². The lowest BCUT2D eigenvalue weighted by Crippen LogP contribution is -2.43. The average Bonchev–Trinajstić information content (AvgIpc) is 3.14. The molecule has 1 heterocycles. The van der Waals surface area contributed by atoms with Crippen molar-refractivity contribution in [3.63, 3.8) is 0 Å². The van der Waals surface area contributed by atoms with E-state index in [0.29, 0.717) is 24.3 Å². The summed E-state index contributed by atoms with van der Waals surface area (Å²) in [6.07, 6.45) is 2.97. The van der Waals surface area contributed by atoms with Crippen molar-refractivity contribution in [1.29, 1.82) is 0 Å². The van der Waals surface area contributed by atoms with Crippen LogP contribution in [0.3, 0.4) is 0 Å². The van der Waals surface area contributed by atoms with E-state index in [2.05, 4.69) is 0 Å². The molecule has 2 fully saturated rings. The minimum absolute atomic E-state index is 0.267. The summed E-state index contributed by atoms with van der Waals surface area (Å²) < 4.78 is 27.5. The minimum atomic E-state index is -3.56. The Morgan fingerprint density at radius 2 is 1.58 bits per heavy atom. The molecule has 0 aromatic heterocycles. The van der Waals surface area contributed by atoms with Gasteiger partial charge in [-0.15, -0.1) is 0 Å². The van der Waals surface area contributed by atoms with E-state index in [1.54, 1.807) is 12.1 Å². The molecule has 1 atom stereocenters. The summed E-state index contributed by atoms with van der Waals surface area (Å²) in [6.45, 7) is 0.496. The minimum Gasteiger partial charge on any atom is -0.388 e. The van der Waals surface area contributed by atoms with Crippen LogP contribution in [0, 0.1) is 0 Å². The van der Waals surface area contributed by atoms with Crippen LogP contribution >= 0.6 is 0 Å². The second-order valence-electron chi connectivity index (χ2n) is 6.77. The fraction of sp³-hybridized carbons (Fsp3) is 0.368. The molecule has 0 spiro atoms. The van der Waals surface area contributed by atoms with E-state index in [1.807, 2.05) is 42.5 Å². The lowest BCUT2D eigenvalue weighted by atomic mass is 10.1. The quantitative estimate of drug-likeness (QED) is 0.928. The van der Waals surface area contributed by atoms with Gasteiger partial charge in [0.2, 0.25) is 10.0 Å². The van der Waals surface area contributed by atoms with E-state index in [-0.39, 0.29) is 6.04 Å². The number of sulfonamides is 1. The maximum atomic E-state index is 13.0. The maximum Gasteiger partial charge on any atom is 0.243 e. The van der Waals surface area contributed by atoms with E-state index >= 15 is 0 Å². The predicted molar refractivity (Wildman–Crippen MR) is 93.0 cm³/mol. The highest BCUT2D eigenvalue weighted by molar-refractivity contribution is 7.89. The Kier molecular flexibility index (Phi) is 3.75. The van der Waals surface area contributed by atoms with Crippen molar-refractivity contribution >= 4 is 10.0 Å². The molecule has 2 aromatic carbocycles. The van der Waals surface area contributed by atoms with Gasteiger partial charge in [-0.05, 0) is 48.9 Å². The first-order valence-electron chi connectivity index (χ1n) is 8.40. The molecule has 4 rings (SSSR count). The van der Waals surface area contributed by atoms with Crippen molar-refractivity contribution in [2.24, 2.45) is 0 Å². The molecule has 1 N–H and O–H groups in total. The summed E-state index contributed by atoms with van der Waals surface area (Å²) in [5.74, 6) is 0. The lowest BCUT2D eigenvalue weighted by molar-refractivity contribution is 0.0826. The molecule has 126 valence electrons.